The summed E-state index contributed by atoms with van der Waals surface area (Å²) in [5, 5.41) is 8.82. The van der Waals surface area contributed by atoms with E-state index in [1.807, 2.05) is 0 Å². The maximum absolute atomic E-state index is 13.5. The lowest BCUT2D eigenvalue weighted by atomic mass is 9.90. The lowest BCUT2D eigenvalue weighted by Gasteiger charge is -2.46. The van der Waals surface area contributed by atoms with Crippen molar-refractivity contribution < 1.29 is 41.1 Å². The summed E-state index contributed by atoms with van der Waals surface area (Å²) in [6.07, 6.45) is -7.91. The van der Waals surface area contributed by atoms with Crippen molar-refractivity contribution in [3.8, 4) is 0 Å². The second kappa shape index (κ2) is 9.39. The number of halogens is 4. The maximum atomic E-state index is 13.5. The second-order valence-electron chi connectivity index (χ2n) is 7.64. The number of hydrogen-bond donors (Lipinski definition) is 1. The summed E-state index contributed by atoms with van der Waals surface area (Å²) < 4.78 is 76.6. The van der Waals surface area contributed by atoms with Crippen LogP contribution in [0.3, 0.4) is 0 Å². The molecule has 2 saturated heterocycles. The molecule has 2 unspecified atom stereocenters. The minimum atomic E-state index is -4.85. The first-order chi connectivity index (χ1) is 14.5. The van der Waals surface area contributed by atoms with Crippen LogP contribution in [0, 0.1) is 12.7 Å². The van der Waals surface area contributed by atoms with E-state index in [9.17, 15) is 26.6 Å². The van der Waals surface area contributed by atoms with E-state index in [0.29, 0.717) is 43.0 Å². The lowest BCUT2D eigenvalue weighted by Crippen LogP contribution is -2.58. The van der Waals surface area contributed by atoms with E-state index in [4.69, 9.17) is 9.84 Å². The van der Waals surface area contributed by atoms with E-state index in [-0.39, 0.29) is 18.9 Å². The van der Waals surface area contributed by atoms with Gasteiger partial charge in [0.05, 0.1) is 23.7 Å². The van der Waals surface area contributed by atoms with Gasteiger partial charge in [-0.3, -0.25) is 0 Å². The van der Waals surface area contributed by atoms with Gasteiger partial charge in [0.25, 0.3) is 0 Å². The molecule has 1 spiro atoms. The van der Waals surface area contributed by atoms with Gasteiger partial charge in [-0.2, -0.15) is 13.2 Å². The van der Waals surface area contributed by atoms with Crippen LogP contribution in [-0.2, 0) is 20.5 Å². The summed E-state index contributed by atoms with van der Waals surface area (Å²) >= 11 is 0. The molecule has 2 atom stereocenters. The van der Waals surface area contributed by atoms with Crippen molar-refractivity contribution in [1.29, 1.82) is 0 Å². The van der Waals surface area contributed by atoms with E-state index >= 15 is 0 Å². The predicted octanol–water partition coefficient (Wildman–Crippen LogP) is 2.38. The average molecular weight is 468 g/mol. The average Bonchev–Trinajstić information content (AvgIpc) is 2.73. The van der Waals surface area contributed by atoms with Crippen molar-refractivity contribution >= 4 is 17.1 Å². The Morgan fingerprint density at radius 2 is 2.00 bits per heavy atom. The fraction of sp³-hybridized carbons (Fsp3) is 0.632. The number of amides is 1. The molecule has 0 aromatic heterocycles. The number of aliphatic hydroxyl groups is 1. The number of aryl methyl sites for hydroxylation is 1. The number of rotatable bonds is 4. The molecular formula is C19H24F4N2O5S. The summed E-state index contributed by atoms with van der Waals surface area (Å²) in [5.74, 6) is -0.382. The number of alkyl halides is 3. The number of aliphatic hydroxyl groups excluding tert-OH is 1. The molecule has 0 saturated carbocycles. The predicted molar refractivity (Wildman–Crippen MR) is 102 cm³/mol. The fourth-order valence-corrected chi connectivity index (χ4v) is 4.98. The molecule has 7 nitrogen and oxygen atoms in total. The first kappa shape index (κ1) is 23.9. The number of carbonyl (C=O) groups is 1. The standard InChI is InChI=1S/C19H24F4N2O5S/c1-13-10-14(2-3-15(13)20)31(28)25-8-9-29-18(12-25)4-6-24(7-5-18)17(27)30-16(11-26)19(21,22)23/h2-3,10,16,26H,4-9,11-12H2,1H3. The second-order valence-corrected chi connectivity index (χ2v) is 9.12. The Labute approximate surface area is 179 Å². The normalized spacial score (nSPS) is 21.7. The molecular weight excluding hydrogens is 444 g/mol. The number of morpholine rings is 1. The summed E-state index contributed by atoms with van der Waals surface area (Å²) in [6, 6.07) is 4.27. The smallest absolute Gasteiger partial charge is 0.427 e. The van der Waals surface area contributed by atoms with Gasteiger partial charge in [0, 0.05) is 26.2 Å². The van der Waals surface area contributed by atoms with Gasteiger partial charge in [0.1, 0.15) is 16.8 Å². The minimum absolute atomic E-state index is 0.102. The molecule has 2 fully saturated rings. The SMILES string of the molecule is Cc1cc(S(=O)N2CCOC3(CCN(C(=O)OC(CO)C(F)(F)F)CC3)C2)ccc1F. The summed E-state index contributed by atoms with van der Waals surface area (Å²) in [6.45, 7) is 1.46. The zero-order valence-corrected chi connectivity index (χ0v) is 17.7. The zero-order valence-electron chi connectivity index (χ0n) is 16.9. The third-order valence-corrected chi connectivity index (χ3v) is 6.92. The molecule has 2 heterocycles. The highest BCUT2D eigenvalue weighted by Gasteiger charge is 2.45. The quantitative estimate of drug-likeness (QED) is 0.687. The highest BCUT2D eigenvalue weighted by atomic mass is 32.2. The molecule has 1 aromatic carbocycles. The Hall–Kier alpha value is -1.76. The molecule has 0 radical (unpaired) electrons. The number of likely N-dealkylation sites (tertiary alicyclic amines) is 1. The number of piperidine rings is 1. The summed E-state index contributed by atoms with van der Waals surface area (Å²) in [5.41, 5.74) is -0.305. The maximum Gasteiger partial charge on any atom is 0.427 e. The minimum Gasteiger partial charge on any atom is -0.434 e. The Balaban J connectivity index is 1.60. The molecule has 1 aromatic rings. The Bertz CT molecular complexity index is 830. The number of benzene rings is 1. The van der Waals surface area contributed by atoms with Crippen LogP contribution >= 0.6 is 0 Å². The first-order valence-corrected chi connectivity index (χ1v) is 10.9. The van der Waals surface area contributed by atoms with E-state index in [1.54, 1.807) is 11.2 Å². The van der Waals surface area contributed by atoms with Crippen molar-refractivity contribution in [3.05, 3.63) is 29.6 Å². The van der Waals surface area contributed by atoms with E-state index in [1.165, 1.54) is 18.2 Å². The molecule has 2 aliphatic rings. The molecule has 31 heavy (non-hydrogen) atoms. The molecule has 1 amide bonds. The van der Waals surface area contributed by atoms with Crippen LogP contribution in [0.5, 0.6) is 0 Å². The van der Waals surface area contributed by atoms with Crippen molar-refractivity contribution in [2.75, 3.05) is 39.4 Å². The molecule has 174 valence electrons. The number of ether oxygens (including phenoxy) is 2. The summed E-state index contributed by atoms with van der Waals surface area (Å²) in [7, 11) is -1.52. The summed E-state index contributed by atoms with van der Waals surface area (Å²) in [4.78, 5) is 13.7. The van der Waals surface area contributed by atoms with Gasteiger partial charge in [-0.1, -0.05) is 0 Å². The molecule has 12 heteroatoms. The van der Waals surface area contributed by atoms with Crippen molar-refractivity contribution in [1.82, 2.24) is 9.21 Å². The van der Waals surface area contributed by atoms with Crippen LogP contribution in [0.4, 0.5) is 22.4 Å². The van der Waals surface area contributed by atoms with Crippen LogP contribution in [0.25, 0.3) is 0 Å². The molecule has 2 aliphatic heterocycles. The van der Waals surface area contributed by atoms with Gasteiger partial charge in [-0.25, -0.2) is 17.7 Å². The molecule has 3 rings (SSSR count). The first-order valence-electron chi connectivity index (χ1n) is 9.75. The largest absolute Gasteiger partial charge is 0.434 e. The van der Waals surface area contributed by atoms with Crippen LogP contribution in [0.2, 0.25) is 0 Å². The van der Waals surface area contributed by atoms with Gasteiger partial charge >= 0.3 is 12.3 Å². The van der Waals surface area contributed by atoms with E-state index in [0.717, 1.165) is 4.90 Å². The van der Waals surface area contributed by atoms with Gasteiger partial charge in [0.15, 0.2) is 0 Å². The van der Waals surface area contributed by atoms with Crippen LogP contribution in [0.1, 0.15) is 18.4 Å². The number of nitrogens with zero attached hydrogens (tertiary/aromatic N) is 2. The van der Waals surface area contributed by atoms with E-state index in [2.05, 4.69) is 4.74 Å². The Kier molecular flexibility index (Phi) is 7.24. The van der Waals surface area contributed by atoms with Crippen molar-refractivity contribution in [2.24, 2.45) is 0 Å². The van der Waals surface area contributed by atoms with Crippen LogP contribution in [0.15, 0.2) is 23.1 Å². The molecule has 0 bridgehead atoms. The Morgan fingerprint density at radius 1 is 1.32 bits per heavy atom. The van der Waals surface area contributed by atoms with Crippen molar-refractivity contribution in [2.45, 2.75) is 42.5 Å². The third kappa shape index (κ3) is 5.54. The lowest BCUT2D eigenvalue weighted by molar-refractivity contribution is -0.215. The van der Waals surface area contributed by atoms with Crippen LogP contribution in [-0.4, -0.2) is 81.9 Å². The molecule has 1 N–H and O–H groups in total. The van der Waals surface area contributed by atoms with Gasteiger partial charge in [-0.05, 0) is 43.5 Å². The number of hydrogen-bond acceptors (Lipinski definition) is 5. The zero-order chi connectivity index (χ0) is 22.8. The van der Waals surface area contributed by atoms with Crippen LogP contribution < -0.4 is 0 Å². The Morgan fingerprint density at radius 3 is 2.58 bits per heavy atom. The highest BCUT2D eigenvalue weighted by molar-refractivity contribution is 7.82. The van der Waals surface area contributed by atoms with Gasteiger partial charge < -0.3 is 19.5 Å². The highest BCUT2D eigenvalue weighted by Crippen LogP contribution is 2.32. The monoisotopic (exact) mass is 468 g/mol. The van der Waals surface area contributed by atoms with Crippen molar-refractivity contribution in [3.63, 3.8) is 0 Å². The fourth-order valence-electron chi connectivity index (χ4n) is 3.63. The topological polar surface area (TPSA) is 79.3 Å². The number of carbonyl (C=O) groups excluding carboxylic acids is 1. The van der Waals surface area contributed by atoms with Gasteiger partial charge in [0.2, 0.25) is 6.10 Å². The third-order valence-electron chi connectivity index (χ3n) is 5.49. The van der Waals surface area contributed by atoms with E-state index < -0.39 is 41.6 Å². The van der Waals surface area contributed by atoms with Gasteiger partial charge in [-0.15, -0.1) is 0 Å². The molecule has 0 aliphatic carbocycles.